The van der Waals surface area contributed by atoms with Gasteiger partial charge in [0.15, 0.2) is 5.13 Å². The Hall–Kier alpha value is 0.650. The molecule has 2 atom stereocenters. The molecule has 1 saturated carbocycles. The third-order valence-corrected chi connectivity index (χ3v) is 1.53. The van der Waals surface area contributed by atoms with Crippen molar-refractivity contribution in [3.8, 4) is 0 Å². The molecule has 0 heterocycles. The maximum Gasteiger partial charge on any atom is 1.00 e. The van der Waals surface area contributed by atoms with Gasteiger partial charge >= 0.3 is 29.6 Å². The average molecular weight is 179 g/mol. The molecule has 0 radical (unpaired) electrons. The van der Waals surface area contributed by atoms with Crippen molar-refractivity contribution in [3.63, 3.8) is 0 Å². The first kappa shape index (κ1) is 13.3. The van der Waals surface area contributed by atoms with Crippen molar-refractivity contribution in [1.82, 2.24) is 0 Å². The third kappa shape index (κ3) is 2.72. The van der Waals surface area contributed by atoms with Gasteiger partial charge in [0.1, 0.15) is 0 Å². The van der Waals surface area contributed by atoms with E-state index in [1.54, 1.807) is 0 Å². The molecular formula is C4H5ClFNaO3. The van der Waals surface area contributed by atoms with E-state index in [1.807, 2.05) is 0 Å². The summed E-state index contributed by atoms with van der Waals surface area (Å²) in [5, 5.41) is 7.74. The first-order valence-electron chi connectivity index (χ1n) is 2.13. The Morgan fingerprint density at radius 3 is 2.10 bits per heavy atom. The Bertz CT molecular complexity index is 140. The van der Waals surface area contributed by atoms with Gasteiger partial charge in [0.25, 0.3) is 0 Å². The Kier molecular flexibility index (Phi) is 5.14. The largest absolute Gasteiger partial charge is 1.00 e. The van der Waals surface area contributed by atoms with Gasteiger partial charge in [0, 0.05) is 12.4 Å². The number of carbonyl (C=O) groups excluding carboxylic acids is 1. The van der Waals surface area contributed by atoms with Gasteiger partial charge in [-0.25, -0.2) is 4.39 Å². The van der Waals surface area contributed by atoms with Crippen LogP contribution < -0.4 is 34.7 Å². The molecule has 1 aliphatic carbocycles. The predicted molar refractivity (Wildman–Crippen MR) is 26.4 cm³/mol. The molecule has 1 rings (SSSR count). The molecule has 0 spiro atoms. The van der Waals surface area contributed by atoms with Gasteiger partial charge in [-0.05, 0) is 0 Å². The molecule has 54 valence electrons. The van der Waals surface area contributed by atoms with E-state index in [2.05, 4.69) is 0 Å². The number of carbonyl (C=O) groups is 1. The van der Waals surface area contributed by atoms with E-state index in [4.69, 9.17) is 11.6 Å². The Labute approximate surface area is 84.1 Å². The zero-order chi connectivity index (χ0) is 6.36. The minimum atomic E-state index is -2.00. The number of rotatable bonds is 1. The molecule has 0 aliphatic heterocycles. The quantitative estimate of drug-likeness (QED) is 0.302. The standard InChI is InChI=1S/C4H4ClFO2.Na.H2O/c5-4(6)1-2(4)3(7)8;;/h2H,1H2,(H,7,8);;1H2/q;+1;/p-1/t2-,4-;;/m0../s1. The van der Waals surface area contributed by atoms with Crippen molar-refractivity contribution in [1.29, 1.82) is 0 Å². The molecule has 1 aliphatic rings. The Balaban J connectivity index is 0. The number of hydrogen-bond acceptors (Lipinski definition) is 2. The van der Waals surface area contributed by atoms with Crippen LogP contribution >= 0.6 is 11.6 Å². The molecule has 0 saturated heterocycles. The van der Waals surface area contributed by atoms with Crippen molar-refractivity contribution >= 4 is 17.6 Å². The van der Waals surface area contributed by atoms with E-state index in [1.165, 1.54) is 0 Å². The summed E-state index contributed by atoms with van der Waals surface area (Å²) in [6.07, 6.45) is -0.114. The number of aliphatic carboxylic acids is 1. The molecule has 0 aromatic carbocycles. The third-order valence-electron chi connectivity index (χ3n) is 1.11. The molecule has 0 amide bonds. The van der Waals surface area contributed by atoms with Crippen molar-refractivity contribution < 1.29 is 49.3 Å². The molecule has 10 heavy (non-hydrogen) atoms. The summed E-state index contributed by atoms with van der Waals surface area (Å²) in [6.45, 7) is 0. The smallest absolute Gasteiger partial charge is 0.550 e. The molecule has 0 aromatic rings. The summed E-state index contributed by atoms with van der Waals surface area (Å²) in [5.74, 6) is -2.48. The van der Waals surface area contributed by atoms with Crippen molar-refractivity contribution in [3.05, 3.63) is 0 Å². The summed E-state index contributed by atoms with van der Waals surface area (Å²) in [7, 11) is 0. The van der Waals surface area contributed by atoms with Crippen LogP contribution in [0.3, 0.4) is 0 Å². The SMILES string of the molecule is O.O=C([O-])[C@@H]1C[C@@]1(F)Cl.[Na+]. The number of hydrogen-bond donors (Lipinski definition) is 0. The van der Waals surface area contributed by atoms with Crippen molar-refractivity contribution in [2.75, 3.05) is 0 Å². The maximum atomic E-state index is 12.1. The molecule has 1 fully saturated rings. The van der Waals surface area contributed by atoms with Crippen LogP contribution in [0, 0.1) is 5.92 Å². The van der Waals surface area contributed by atoms with Crippen LogP contribution in [0.25, 0.3) is 0 Å². The molecule has 3 nitrogen and oxygen atoms in total. The number of carboxylic acids is 1. The summed E-state index contributed by atoms with van der Waals surface area (Å²) >= 11 is 4.91. The fourth-order valence-electron chi connectivity index (χ4n) is 0.469. The molecule has 0 aromatic heterocycles. The van der Waals surface area contributed by atoms with Crippen LogP contribution in [-0.4, -0.2) is 16.6 Å². The van der Waals surface area contributed by atoms with Gasteiger partial charge in [0.05, 0.1) is 5.92 Å². The molecule has 0 unspecified atom stereocenters. The van der Waals surface area contributed by atoms with Crippen LogP contribution in [0.1, 0.15) is 6.42 Å². The first-order valence-corrected chi connectivity index (χ1v) is 2.50. The molecule has 2 N–H and O–H groups in total. The van der Waals surface area contributed by atoms with Gasteiger partial charge < -0.3 is 15.4 Å². The number of alkyl halides is 2. The fourth-order valence-corrected chi connectivity index (χ4v) is 0.712. The van der Waals surface area contributed by atoms with Crippen LogP contribution in [-0.2, 0) is 4.79 Å². The second-order valence-corrected chi connectivity index (χ2v) is 2.47. The minimum absolute atomic E-state index is 0. The second-order valence-electron chi connectivity index (χ2n) is 1.84. The van der Waals surface area contributed by atoms with Crippen molar-refractivity contribution in [2.45, 2.75) is 11.5 Å². The van der Waals surface area contributed by atoms with Gasteiger partial charge in [-0.2, -0.15) is 0 Å². The predicted octanol–water partition coefficient (Wildman–Crippen LogP) is -4.16. The van der Waals surface area contributed by atoms with Crippen molar-refractivity contribution in [2.24, 2.45) is 5.92 Å². The summed E-state index contributed by atoms with van der Waals surface area (Å²) in [5.41, 5.74) is 0. The monoisotopic (exact) mass is 178 g/mol. The van der Waals surface area contributed by atoms with E-state index in [0.717, 1.165) is 0 Å². The van der Waals surface area contributed by atoms with E-state index in [-0.39, 0.29) is 41.5 Å². The van der Waals surface area contributed by atoms with Crippen LogP contribution in [0.5, 0.6) is 0 Å². The molecular weight excluding hydrogens is 173 g/mol. The zero-order valence-electron chi connectivity index (χ0n) is 5.36. The zero-order valence-corrected chi connectivity index (χ0v) is 8.11. The van der Waals surface area contributed by atoms with Gasteiger partial charge in [-0.1, -0.05) is 11.6 Å². The van der Waals surface area contributed by atoms with E-state index >= 15 is 0 Å². The average Bonchev–Trinajstić information content (AvgIpc) is 2.13. The van der Waals surface area contributed by atoms with E-state index in [0.29, 0.717) is 0 Å². The number of halogens is 2. The molecule has 6 heteroatoms. The van der Waals surface area contributed by atoms with Crippen LogP contribution in [0.4, 0.5) is 4.39 Å². The number of carboxylic acid groups (broad SMARTS) is 1. The van der Waals surface area contributed by atoms with Gasteiger partial charge in [0.2, 0.25) is 0 Å². The van der Waals surface area contributed by atoms with E-state index in [9.17, 15) is 14.3 Å². The maximum absolute atomic E-state index is 12.1. The summed E-state index contributed by atoms with van der Waals surface area (Å²) in [4.78, 5) is 9.74. The topological polar surface area (TPSA) is 71.6 Å². The summed E-state index contributed by atoms with van der Waals surface area (Å²) < 4.78 is 12.1. The fraction of sp³-hybridized carbons (Fsp3) is 0.750. The van der Waals surface area contributed by atoms with Crippen LogP contribution in [0.2, 0.25) is 0 Å². The van der Waals surface area contributed by atoms with Crippen LogP contribution in [0.15, 0.2) is 0 Å². The second kappa shape index (κ2) is 3.88. The van der Waals surface area contributed by atoms with E-state index < -0.39 is 17.0 Å². The van der Waals surface area contributed by atoms with Gasteiger partial charge in [-0.15, -0.1) is 0 Å². The normalized spacial score (nSPS) is 35.2. The summed E-state index contributed by atoms with van der Waals surface area (Å²) in [6, 6.07) is 0. The minimum Gasteiger partial charge on any atom is -0.550 e. The molecule has 0 bridgehead atoms. The Morgan fingerprint density at radius 1 is 1.80 bits per heavy atom. The first-order chi connectivity index (χ1) is 3.54. The van der Waals surface area contributed by atoms with Gasteiger partial charge in [-0.3, -0.25) is 0 Å². The Morgan fingerprint density at radius 2 is 2.10 bits per heavy atom.